The molecule has 1 fully saturated rings. The first-order chi connectivity index (χ1) is 14.8. The van der Waals surface area contributed by atoms with Gasteiger partial charge in [-0.05, 0) is 42.8 Å². The topological polar surface area (TPSA) is 129 Å². The van der Waals surface area contributed by atoms with E-state index in [-0.39, 0.29) is 35.1 Å². The molecule has 0 aromatic heterocycles. The average Bonchev–Trinajstić information content (AvgIpc) is 3.06. The van der Waals surface area contributed by atoms with E-state index in [2.05, 4.69) is 10.6 Å². The van der Waals surface area contributed by atoms with Crippen molar-refractivity contribution in [3.63, 3.8) is 0 Å². The second-order valence-corrected chi connectivity index (χ2v) is 7.09. The summed E-state index contributed by atoms with van der Waals surface area (Å²) in [6, 6.07) is 12.0. The minimum atomic E-state index is -1.09. The third-order valence-corrected chi connectivity index (χ3v) is 4.79. The number of amides is 4. The van der Waals surface area contributed by atoms with Crippen LogP contribution in [0.3, 0.4) is 0 Å². The number of anilines is 1. The van der Waals surface area contributed by atoms with Gasteiger partial charge in [-0.3, -0.25) is 14.5 Å². The molecule has 1 unspecified atom stereocenters. The lowest BCUT2D eigenvalue weighted by atomic mass is 10.1. The Labute approximate surface area is 182 Å². The lowest BCUT2D eigenvalue weighted by Crippen LogP contribution is -2.30. The summed E-state index contributed by atoms with van der Waals surface area (Å²) in [6.45, 7) is 1.48. The molecule has 9 nitrogen and oxygen atoms in total. The number of esters is 1. The Bertz CT molecular complexity index is 1080. The standard InChI is InChI=1S/C21H17ClN4O5/c1-12(19(28)25-16-7-6-15(9-23)17(22)8-16)31-20(29)14-4-2-13(3-5-14)11-26-18(27)10-24-21(26)30/h2-8,12H,10-11H2,1H3,(H,24,30)(H,25,28). The zero-order valence-electron chi connectivity index (χ0n) is 16.3. The monoisotopic (exact) mass is 440 g/mol. The van der Waals surface area contributed by atoms with Gasteiger partial charge in [0.15, 0.2) is 6.10 Å². The number of nitrogens with one attached hydrogen (secondary N) is 2. The predicted octanol–water partition coefficient (Wildman–Crippen LogP) is 2.45. The number of nitriles is 1. The van der Waals surface area contributed by atoms with Gasteiger partial charge in [0.1, 0.15) is 6.07 Å². The highest BCUT2D eigenvalue weighted by Gasteiger charge is 2.28. The molecule has 0 aliphatic carbocycles. The molecule has 2 aromatic carbocycles. The quantitative estimate of drug-likeness (QED) is 0.524. The second-order valence-electron chi connectivity index (χ2n) is 6.68. The highest BCUT2D eigenvalue weighted by Crippen LogP contribution is 2.20. The summed E-state index contributed by atoms with van der Waals surface area (Å²) in [7, 11) is 0. The maximum absolute atomic E-state index is 12.3. The molecular formula is C21H17ClN4O5. The van der Waals surface area contributed by atoms with Crippen LogP contribution in [0.4, 0.5) is 10.5 Å². The zero-order valence-corrected chi connectivity index (χ0v) is 17.1. The lowest BCUT2D eigenvalue weighted by molar-refractivity contribution is -0.125. The molecule has 158 valence electrons. The first kappa shape index (κ1) is 21.8. The highest BCUT2D eigenvalue weighted by molar-refractivity contribution is 6.32. The van der Waals surface area contributed by atoms with E-state index >= 15 is 0 Å². The van der Waals surface area contributed by atoms with E-state index in [1.165, 1.54) is 37.3 Å². The fourth-order valence-corrected chi connectivity index (χ4v) is 2.98. The first-order valence-corrected chi connectivity index (χ1v) is 9.55. The van der Waals surface area contributed by atoms with E-state index in [0.717, 1.165) is 4.90 Å². The molecule has 10 heteroatoms. The van der Waals surface area contributed by atoms with Crippen molar-refractivity contribution in [2.75, 3.05) is 11.9 Å². The number of urea groups is 1. The van der Waals surface area contributed by atoms with Crippen LogP contribution in [0, 0.1) is 11.3 Å². The van der Waals surface area contributed by atoms with Crippen LogP contribution < -0.4 is 10.6 Å². The maximum atomic E-state index is 12.3. The minimum absolute atomic E-state index is 0.0299. The van der Waals surface area contributed by atoms with Crippen molar-refractivity contribution < 1.29 is 23.9 Å². The predicted molar refractivity (Wildman–Crippen MR) is 110 cm³/mol. The molecule has 4 amide bonds. The van der Waals surface area contributed by atoms with Gasteiger partial charge in [-0.25, -0.2) is 9.59 Å². The van der Waals surface area contributed by atoms with Crippen LogP contribution in [-0.4, -0.2) is 41.4 Å². The smallest absolute Gasteiger partial charge is 0.338 e. The molecule has 0 bridgehead atoms. The number of imide groups is 1. The van der Waals surface area contributed by atoms with Crippen LogP contribution in [-0.2, 0) is 20.9 Å². The Kier molecular flexibility index (Phi) is 6.52. The highest BCUT2D eigenvalue weighted by atomic mass is 35.5. The molecule has 0 radical (unpaired) electrons. The van der Waals surface area contributed by atoms with Crippen molar-refractivity contribution in [1.29, 1.82) is 5.26 Å². The summed E-state index contributed by atoms with van der Waals surface area (Å²) >= 11 is 5.94. The Morgan fingerprint density at radius 3 is 2.55 bits per heavy atom. The van der Waals surface area contributed by atoms with Crippen LogP contribution in [0.2, 0.25) is 5.02 Å². The first-order valence-electron chi connectivity index (χ1n) is 9.17. The number of carbonyl (C=O) groups excluding carboxylic acids is 4. The minimum Gasteiger partial charge on any atom is -0.449 e. The number of nitrogens with zero attached hydrogens (tertiary/aromatic N) is 2. The molecule has 2 N–H and O–H groups in total. The van der Waals surface area contributed by atoms with Crippen molar-refractivity contribution >= 4 is 41.1 Å². The van der Waals surface area contributed by atoms with Gasteiger partial charge in [-0.2, -0.15) is 5.26 Å². The Morgan fingerprint density at radius 1 is 1.26 bits per heavy atom. The van der Waals surface area contributed by atoms with Crippen molar-refractivity contribution in [3.05, 3.63) is 64.2 Å². The molecule has 2 aromatic rings. The van der Waals surface area contributed by atoms with Gasteiger partial charge in [-0.1, -0.05) is 23.7 Å². The number of rotatable bonds is 6. The Hall–Kier alpha value is -3.90. The van der Waals surface area contributed by atoms with Gasteiger partial charge in [0, 0.05) is 5.69 Å². The van der Waals surface area contributed by atoms with Gasteiger partial charge in [0.2, 0.25) is 5.91 Å². The normalized spacial score (nSPS) is 13.9. The number of ether oxygens (including phenoxy) is 1. The molecule has 0 spiro atoms. The number of carbonyl (C=O) groups is 4. The molecule has 1 aliphatic heterocycles. The van der Waals surface area contributed by atoms with E-state index in [9.17, 15) is 19.2 Å². The van der Waals surface area contributed by atoms with Crippen molar-refractivity contribution in [2.45, 2.75) is 19.6 Å². The summed E-state index contributed by atoms with van der Waals surface area (Å²) in [5.41, 5.74) is 1.51. The van der Waals surface area contributed by atoms with Crippen LogP contribution in [0.1, 0.15) is 28.4 Å². The van der Waals surface area contributed by atoms with Gasteiger partial charge in [0.05, 0.1) is 29.2 Å². The van der Waals surface area contributed by atoms with Crippen LogP contribution in [0.25, 0.3) is 0 Å². The molecule has 3 rings (SSSR count). The largest absolute Gasteiger partial charge is 0.449 e. The molecule has 1 heterocycles. The third-order valence-electron chi connectivity index (χ3n) is 4.48. The average molecular weight is 441 g/mol. The van der Waals surface area contributed by atoms with E-state index < -0.39 is 24.0 Å². The molecular weight excluding hydrogens is 424 g/mol. The summed E-state index contributed by atoms with van der Waals surface area (Å²) in [4.78, 5) is 48.9. The summed E-state index contributed by atoms with van der Waals surface area (Å²) in [5.74, 6) is -1.59. The van der Waals surface area contributed by atoms with Crippen LogP contribution in [0.5, 0.6) is 0 Å². The number of benzene rings is 2. The Balaban J connectivity index is 1.57. The summed E-state index contributed by atoms with van der Waals surface area (Å²) in [5, 5.41) is 14.1. The molecule has 1 aliphatic rings. The van der Waals surface area contributed by atoms with E-state index in [0.29, 0.717) is 11.3 Å². The molecule has 1 saturated heterocycles. The van der Waals surface area contributed by atoms with Crippen LogP contribution >= 0.6 is 11.6 Å². The van der Waals surface area contributed by atoms with E-state index in [1.54, 1.807) is 12.1 Å². The fraction of sp³-hybridized carbons (Fsp3) is 0.190. The Morgan fingerprint density at radius 2 is 1.97 bits per heavy atom. The SMILES string of the molecule is CC(OC(=O)c1ccc(CN2C(=O)CNC2=O)cc1)C(=O)Nc1ccc(C#N)c(Cl)c1. The fourth-order valence-electron chi connectivity index (χ4n) is 2.75. The second kappa shape index (κ2) is 9.28. The summed E-state index contributed by atoms with van der Waals surface area (Å²) < 4.78 is 5.19. The van der Waals surface area contributed by atoms with Crippen LogP contribution in [0.15, 0.2) is 42.5 Å². The number of hydrogen-bond donors (Lipinski definition) is 2. The van der Waals surface area contributed by atoms with Gasteiger partial charge >= 0.3 is 12.0 Å². The summed E-state index contributed by atoms with van der Waals surface area (Å²) in [6.07, 6.45) is -1.09. The number of halogens is 1. The van der Waals surface area contributed by atoms with Crippen molar-refractivity contribution in [3.8, 4) is 6.07 Å². The zero-order chi connectivity index (χ0) is 22.5. The molecule has 31 heavy (non-hydrogen) atoms. The van der Waals surface area contributed by atoms with E-state index in [4.69, 9.17) is 21.6 Å². The maximum Gasteiger partial charge on any atom is 0.338 e. The third kappa shape index (κ3) is 5.18. The van der Waals surface area contributed by atoms with Gasteiger partial charge < -0.3 is 15.4 Å². The van der Waals surface area contributed by atoms with Gasteiger partial charge in [-0.15, -0.1) is 0 Å². The molecule has 1 atom stereocenters. The van der Waals surface area contributed by atoms with Crippen molar-refractivity contribution in [2.24, 2.45) is 0 Å². The number of hydrogen-bond acceptors (Lipinski definition) is 6. The lowest BCUT2D eigenvalue weighted by Gasteiger charge is -2.15. The van der Waals surface area contributed by atoms with Gasteiger partial charge in [0.25, 0.3) is 5.91 Å². The van der Waals surface area contributed by atoms with Crippen molar-refractivity contribution in [1.82, 2.24) is 10.2 Å². The van der Waals surface area contributed by atoms with E-state index in [1.807, 2.05) is 6.07 Å². The molecule has 0 saturated carbocycles.